The summed E-state index contributed by atoms with van der Waals surface area (Å²) in [5.41, 5.74) is 1.75. The van der Waals surface area contributed by atoms with Gasteiger partial charge in [-0.1, -0.05) is 33.8 Å². The molecule has 1 aromatic heterocycles. The number of fused-ring (bicyclic) bond motifs is 1. The Hall–Kier alpha value is -1.45. The molecule has 4 heteroatoms. The second kappa shape index (κ2) is 5.75. The molecule has 0 spiro atoms. The van der Waals surface area contributed by atoms with Gasteiger partial charge in [-0.25, -0.2) is 4.68 Å². The highest BCUT2D eigenvalue weighted by Crippen LogP contribution is 2.22. The lowest BCUT2D eigenvalue weighted by molar-refractivity contribution is 0.0574. The van der Waals surface area contributed by atoms with E-state index in [9.17, 15) is 8.78 Å². The Bertz CT molecular complexity index is 469. The van der Waals surface area contributed by atoms with Crippen LogP contribution in [0, 0.1) is 0 Å². The number of benzene rings is 1. The maximum Gasteiger partial charge on any atom is 0.333 e. The van der Waals surface area contributed by atoms with Crippen LogP contribution in [-0.4, -0.2) is 9.78 Å². The molecule has 2 rings (SSSR count). The van der Waals surface area contributed by atoms with Gasteiger partial charge in [-0.15, -0.1) is 0 Å². The molecule has 1 aromatic carbocycles. The third-order valence-electron chi connectivity index (χ3n) is 2.41. The van der Waals surface area contributed by atoms with E-state index in [1.807, 2.05) is 26.0 Å². The van der Waals surface area contributed by atoms with Crippen molar-refractivity contribution in [1.29, 1.82) is 0 Å². The highest BCUT2D eigenvalue weighted by molar-refractivity contribution is 5.78. The molecular formula is C13H18F2N2. The van der Waals surface area contributed by atoms with E-state index in [0.29, 0.717) is 16.1 Å². The predicted molar refractivity (Wildman–Crippen MR) is 66.4 cm³/mol. The van der Waals surface area contributed by atoms with Gasteiger partial charge in [0, 0.05) is 11.6 Å². The smallest absolute Gasteiger partial charge is 0.210 e. The molecule has 0 bridgehead atoms. The summed E-state index contributed by atoms with van der Waals surface area (Å²) < 4.78 is 25.4. The predicted octanol–water partition coefficient (Wildman–Crippen LogP) is 4.58. The first-order valence-electron chi connectivity index (χ1n) is 5.85. The van der Waals surface area contributed by atoms with E-state index in [-0.39, 0.29) is 0 Å². The number of hydrogen-bond acceptors (Lipinski definition) is 1. The molecule has 0 saturated carbocycles. The van der Waals surface area contributed by atoms with E-state index in [2.05, 4.69) is 18.9 Å². The lowest BCUT2D eigenvalue weighted by atomic mass is 10.0. The molecule has 17 heavy (non-hydrogen) atoms. The summed E-state index contributed by atoms with van der Waals surface area (Å²) in [4.78, 5) is 0. The zero-order valence-electron chi connectivity index (χ0n) is 10.6. The van der Waals surface area contributed by atoms with E-state index in [1.165, 1.54) is 6.20 Å². The number of hydrogen-bond donors (Lipinski definition) is 0. The summed E-state index contributed by atoms with van der Waals surface area (Å²) in [5.74, 6) is 0.393. The monoisotopic (exact) mass is 240 g/mol. The maximum atomic E-state index is 12.4. The minimum Gasteiger partial charge on any atom is -0.210 e. The van der Waals surface area contributed by atoms with Crippen LogP contribution in [0.15, 0.2) is 24.4 Å². The minimum atomic E-state index is -2.57. The van der Waals surface area contributed by atoms with Crippen LogP contribution in [0.5, 0.6) is 0 Å². The van der Waals surface area contributed by atoms with Crippen molar-refractivity contribution in [3.63, 3.8) is 0 Å². The highest BCUT2D eigenvalue weighted by Gasteiger charge is 2.09. The zero-order chi connectivity index (χ0) is 13.0. The molecule has 0 fully saturated rings. The molecule has 0 unspecified atom stereocenters. The molecule has 94 valence electrons. The van der Waals surface area contributed by atoms with Gasteiger partial charge in [-0.05, 0) is 23.6 Å². The number of aromatic nitrogens is 2. The Morgan fingerprint density at radius 2 is 1.82 bits per heavy atom. The van der Waals surface area contributed by atoms with Gasteiger partial charge in [0.2, 0.25) is 0 Å². The van der Waals surface area contributed by atoms with Crippen molar-refractivity contribution in [2.24, 2.45) is 0 Å². The topological polar surface area (TPSA) is 17.8 Å². The molecule has 2 nitrogen and oxygen atoms in total. The second-order valence-corrected chi connectivity index (χ2v) is 3.86. The maximum absolute atomic E-state index is 12.4. The quantitative estimate of drug-likeness (QED) is 0.751. The zero-order valence-corrected chi connectivity index (χ0v) is 10.6. The number of rotatable bonds is 2. The van der Waals surface area contributed by atoms with E-state index in [1.54, 1.807) is 6.07 Å². The molecule has 0 saturated heterocycles. The molecule has 0 aliphatic carbocycles. The van der Waals surface area contributed by atoms with Crippen molar-refractivity contribution < 1.29 is 8.78 Å². The van der Waals surface area contributed by atoms with Crippen LogP contribution in [0.3, 0.4) is 0 Å². The van der Waals surface area contributed by atoms with Crippen LogP contribution < -0.4 is 0 Å². The van der Waals surface area contributed by atoms with Crippen LogP contribution in [0.25, 0.3) is 10.9 Å². The average molecular weight is 240 g/mol. The summed E-state index contributed by atoms with van der Waals surface area (Å²) in [6.07, 6.45) is 1.38. The van der Waals surface area contributed by atoms with Crippen LogP contribution >= 0.6 is 0 Å². The molecule has 1 heterocycles. The molecular weight excluding hydrogens is 222 g/mol. The normalized spacial score (nSPS) is 10.8. The Balaban J connectivity index is 0.000000686. The van der Waals surface area contributed by atoms with E-state index < -0.39 is 6.55 Å². The summed E-state index contributed by atoms with van der Waals surface area (Å²) in [7, 11) is 0. The number of alkyl halides is 2. The Kier molecular flexibility index (Phi) is 4.61. The molecule has 0 aliphatic heterocycles. The summed E-state index contributed by atoms with van der Waals surface area (Å²) in [6, 6.07) is 5.62. The number of halogens is 2. The van der Waals surface area contributed by atoms with Gasteiger partial charge in [-0.3, -0.25) is 0 Å². The lowest BCUT2D eigenvalue weighted by Gasteiger charge is -2.03. The fourth-order valence-corrected chi connectivity index (χ4v) is 1.52. The van der Waals surface area contributed by atoms with E-state index in [4.69, 9.17) is 0 Å². The van der Waals surface area contributed by atoms with Crippen LogP contribution in [0.2, 0.25) is 0 Å². The van der Waals surface area contributed by atoms with Crippen LogP contribution in [0.1, 0.15) is 45.7 Å². The second-order valence-electron chi connectivity index (χ2n) is 3.86. The van der Waals surface area contributed by atoms with Gasteiger partial charge >= 0.3 is 6.55 Å². The van der Waals surface area contributed by atoms with Crippen molar-refractivity contribution in [2.75, 3.05) is 0 Å². The molecule has 0 aliphatic rings. The summed E-state index contributed by atoms with van der Waals surface area (Å²) in [6.45, 7) is 5.57. The molecule has 0 radical (unpaired) electrons. The fourth-order valence-electron chi connectivity index (χ4n) is 1.52. The van der Waals surface area contributed by atoms with Crippen molar-refractivity contribution >= 4 is 10.9 Å². The Morgan fingerprint density at radius 1 is 1.18 bits per heavy atom. The third-order valence-corrected chi connectivity index (χ3v) is 2.41. The summed E-state index contributed by atoms with van der Waals surface area (Å²) in [5, 5.41) is 4.54. The molecule has 2 aromatic rings. The van der Waals surface area contributed by atoms with Gasteiger partial charge < -0.3 is 0 Å². The van der Waals surface area contributed by atoms with Crippen molar-refractivity contribution in [3.8, 4) is 0 Å². The van der Waals surface area contributed by atoms with Crippen LogP contribution in [0.4, 0.5) is 8.78 Å². The van der Waals surface area contributed by atoms with Gasteiger partial charge in [0.25, 0.3) is 0 Å². The summed E-state index contributed by atoms with van der Waals surface area (Å²) >= 11 is 0. The molecule has 0 N–H and O–H groups in total. The van der Waals surface area contributed by atoms with Gasteiger partial charge in [0.15, 0.2) is 0 Å². The minimum absolute atomic E-state index is 0.393. The first kappa shape index (κ1) is 13.6. The highest BCUT2D eigenvalue weighted by atomic mass is 19.3. The molecule has 0 atom stereocenters. The molecule has 0 amide bonds. The van der Waals surface area contributed by atoms with Gasteiger partial charge in [-0.2, -0.15) is 13.9 Å². The average Bonchev–Trinajstić information content (AvgIpc) is 2.74. The fraction of sp³-hybridized carbons (Fsp3) is 0.462. The van der Waals surface area contributed by atoms with Crippen LogP contribution in [-0.2, 0) is 0 Å². The van der Waals surface area contributed by atoms with E-state index >= 15 is 0 Å². The Labute approximate surface area is 100 Å². The SMILES string of the molecule is CC.CC(C)c1ccc2nn(C(F)F)cc2c1. The van der Waals surface area contributed by atoms with Crippen molar-refractivity contribution in [3.05, 3.63) is 30.0 Å². The van der Waals surface area contributed by atoms with E-state index in [0.717, 1.165) is 10.9 Å². The standard InChI is InChI=1S/C11H12F2N2.C2H6/c1-7(2)8-3-4-10-9(5-8)6-15(14-10)11(12)13;1-2/h3-7,11H,1-2H3;1-2H3. The van der Waals surface area contributed by atoms with Crippen molar-refractivity contribution in [1.82, 2.24) is 9.78 Å². The third kappa shape index (κ3) is 3.02. The first-order chi connectivity index (χ1) is 8.08. The number of nitrogens with zero attached hydrogens (tertiary/aromatic N) is 2. The Morgan fingerprint density at radius 3 is 2.35 bits per heavy atom. The largest absolute Gasteiger partial charge is 0.333 e. The van der Waals surface area contributed by atoms with Crippen molar-refractivity contribution in [2.45, 2.75) is 40.2 Å². The first-order valence-corrected chi connectivity index (χ1v) is 5.85. The van der Waals surface area contributed by atoms with Gasteiger partial charge in [0.1, 0.15) is 0 Å². The van der Waals surface area contributed by atoms with Gasteiger partial charge in [0.05, 0.1) is 5.52 Å². The lowest BCUT2D eigenvalue weighted by Crippen LogP contribution is -1.96.